The first-order valence-electron chi connectivity index (χ1n) is 24.3. The van der Waals surface area contributed by atoms with Crippen LogP contribution in [-0.2, 0) is 26.9 Å². The number of likely N-dealkylation sites (tertiary alicyclic amines) is 1. The van der Waals surface area contributed by atoms with Gasteiger partial charge in [-0.1, -0.05) is 93.6 Å². The van der Waals surface area contributed by atoms with E-state index in [9.17, 15) is 14.4 Å². The second kappa shape index (κ2) is 19.3. The van der Waals surface area contributed by atoms with Crippen LogP contribution in [0.15, 0.2) is 101 Å². The fourth-order valence-electron chi connectivity index (χ4n) is 10.3. The Morgan fingerprint density at radius 3 is 2.22 bits per heavy atom. The molecule has 0 spiro atoms. The molecule has 3 amide bonds. The number of rotatable bonds is 15. The van der Waals surface area contributed by atoms with Gasteiger partial charge in [-0.05, 0) is 85.6 Å². The molecule has 1 saturated carbocycles. The van der Waals surface area contributed by atoms with Crippen molar-refractivity contribution in [1.82, 2.24) is 20.1 Å². The highest BCUT2D eigenvalue weighted by Crippen LogP contribution is 2.45. The van der Waals surface area contributed by atoms with E-state index in [4.69, 9.17) is 23.1 Å². The number of carbonyl (C=O) groups is 3. The summed E-state index contributed by atoms with van der Waals surface area (Å²) in [5, 5.41) is 9.50. The van der Waals surface area contributed by atoms with Gasteiger partial charge in [0, 0.05) is 61.5 Å². The number of para-hydroxylation sites is 1. The monoisotopic (exact) mass is 956 g/mol. The first-order valence-corrected chi connectivity index (χ1v) is 26.3. The Morgan fingerprint density at radius 2 is 1.59 bits per heavy atom. The molecule has 1 aliphatic carbocycles. The standard InChI is InChI=1S/C55H65FN4O8Si/c1-54(2,3)68-53(63)58-40-29-39(56)32-59(33-40)52(62)38-27-46(64-7)49-43(23-24-66-69(55(4,5)6,41-16-10-8-11-17-41)42-18-12-9-13-19-42)51(67-47(49)28-38)44-26-37-15-14-20-45(50(37)60(44)31-35-21-22-35)65-34-36-25-48(61)57-30-36/h8-20,26-28,35-36,39-40H,21-25,29-34H2,1-7H3,(H,57,61)(H,58,63)/t36?,39-,40-/m1/s1. The Bertz CT molecular complexity index is 2790. The smallest absolute Gasteiger partial charge is 0.407 e. The lowest BCUT2D eigenvalue weighted by Gasteiger charge is -2.43. The van der Waals surface area contributed by atoms with Crippen molar-refractivity contribution in [3.63, 3.8) is 0 Å². The van der Waals surface area contributed by atoms with Crippen molar-refractivity contribution in [1.29, 1.82) is 0 Å². The van der Waals surface area contributed by atoms with Crippen molar-refractivity contribution in [2.45, 2.75) is 103 Å². The van der Waals surface area contributed by atoms with Crippen molar-refractivity contribution in [3.8, 4) is 23.0 Å². The average Bonchev–Trinajstić information content (AvgIpc) is 3.74. The second-order valence-electron chi connectivity index (χ2n) is 21.1. The summed E-state index contributed by atoms with van der Waals surface area (Å²) >= 11 is 0. The number of furan rings is 1. The molecule has 364 valence electrons. The third-order valence-electron chi connectivity index (χ3n) is 13.6. The number of hydrogen-bond acceptors (Lipinski definition) is 8. The molecule has 4 heterocycles. The van der Waals surface area contributed by atoms with Gasteiger partial charge < -0.3 is 43.2 Å². The SMILES string of the molecule is COc1cc(C(=O)N2C[C@H](F)C[C@@H](NC(=O)OC(C)(C)C)C2)cc2oc(-c3cc4cccc(OCC5CNC(=O)C5)c4n3CC3CC3)c(CCO[Si](c3ccccc3)(c3ccccc3)C(C)(C)C)c12. The minimum atomic E-state index is -2.95. The number of halogens is 1. The molecule has 2 aliphatic heterocycles. The molecule has 3 fully saturated rings. The minimum Gasteiger partial charge on any atom is -0.496 e. The lowest BCUT2D eigenvalue weighted by Crippen LogP contribution is -2.66. The molecular formula is C55H65FN4O8Si. The van der Waals surface area contributed by atoms with Crippen LogP contribution in [0.3, 0.4) is 0 Å². The maximum Gasteiger partial charge on any atom is 0.407 e. The van der Waals surface area contributed by atoms with E-state index < -0.39 is 38.1 Å². The topological polar surface area (TPSA) is 134 Å². The zero-order valence-electron chi connectivity index (χ0n) is 40.9. The fourth-order valence-corrected chi connectivity index (χ4v) is 14.9. The number of aromatic nitrogens is 1. The van der Waals surface area contributed by atoms with E-state index in [1.807, 2.05) is 24.3 Å². The minimum absolute atomic E-state index is 0.0414. The largest absolute Gasteiger partial charge is 0.496 e. The van der Waals surface area contributed by atoms with Crippen LogP contribution in [0.5, 0.6) is 11.5 Å². The number of hydrogen-bond donors (Lipinski definition) is 2. The summed E-state index contributed by atoms with van der Waals surface area (Å²) in [5.41, 5.74) is 2.68. The second-order valence-corrected chi connectivity index (χ2v) is 25.4. The van der Waals surface area contributed by atoms with Crippen LogP contribution in [0.1, 0.15) is 83.1 Å². The molecule has 3 atom stereocenters. The van der Waals surface area contributed by atoms with E-state index in [0.717, 1.165) is 52.7 Å². The number of benzene rings is 4. The number of alkyl halides is 1. The van der Waals surface area contributed by atoms with E-state index in [1.165, 1.54) is 15.3 Å². The Hall–Kier alpha value is -6.12. The molecule has 1 unspecified atom stereocenters. The molecule has 14 heteroatoms. The Kier molecular flexibility index (Phi) is 13.4. The van der Waals surface area contributed by atoms with Gasteiger partial charge in [-0.2, -0.15) is 0 Å². The average molecular weight is 957 g/mol. The summed E-state index contributed by atoms with van der Waals surface area (Å²) in [6.45, 7) is 14.1. The zero-order valence-corrected chi connectivity index (χ0v) is 41.9. The van der Waals surface area contributed by atoms with Crippen molar-refractivity contribution in [2.75, 3.05) is 40.0 Å². The Morgan fingerprint density at radius 1 is 0.884 bits per heavy atom. The van der Waals surface area contributed by atoms with E-state index in [0.29, 0.717) is 55.6 Å². The Labute approximate surface area is 404 Å². The van der Waals surface area contributed by atoms with Gasteiger partial charge in [0.25, 0.3) is 14.2 Å². The van der Waals surface area contributed by atoms with Crippen LogP contribution >= 0.6 is 0 Å². The van der Waals surface area contributed by atoms with Crippen LogP contribution < -0.4 is 30.5 Å². The highest BCUT2D eigenvalue weighted by atomic mass is 28.4. The van der Waals surface area contributed by atoms with Gasteiger partial charge in [-0.25, -0.2) is 9.18 Å². The van der Waals surface area contributed by atoms with Crippen molar-refractivity contribution in [3.05, 3.63) is 108 Å². The third-order valence-corrected chi connectivity index (χ3v) is 18.6. The molecule has 2 aromatic heterocycles. The lowest BCUT2D eigenvalue weighted by molar-refractivity contribution is -0.119. The predicted octanol–water partition coefficient (Wildman–Crippen LogP) is 9.18. The van der Waals surface area contributed by atoms with Gasteiger partial charge in [-0.3, -0.25) is 9.59 Å². The summed E-state index contributed by atoms with van der Waals surface area (Å²) < 4.78 is 50.5. The lowest BCUT2D eigenvalue weighted by atomic mass is 10.0. The quantitative estimate of drug-likeness (QED) is 0.0975. The molecule has 2 saturated heterocycles. The van der Waals surface area contributed by atoms with Gasteiger partial charge in [0.15, 0.2) is 5.76 Å². The van der Waals surface area contributed by atoms with Gasteiger partial charge >= 0.3 is 6.09 Å². The summed E-state index contributed by atoms with van der Waals surface area (Å²) in [4.78, 5) is 40.7. The van der Waals surface area contributed by atoms with Gasteiger partial charge in [-0.15, -0.1) is 0 Å². The number of carbonyl (C=O) groups excluding carboxylic acids is 3. The molecule has 0 bridgehead atoms. The van der Waals surface area contributed by atoms with Gasteiger partial charge in [0.2, 0.25) is 5.91 Å². The van der Waals surface area contributed by atoms with Crippen LogP contribution in [0.25, 0.3) is 33.3 Å². The van der Waals surface area contributed by atoms with Crippen molar-refractivity contribution < 1.29 is 41.8 Å². The molecule has 3 aliphatic rings. The number of amides is 3. The number of ether oxygens (including phenoxy) is 3. The molecule has 69 heavy (non-hydrogen) atoms. The first-order chi connectivity index (χ1) is 33.0. The van der Waals surface area contributed by atoms with Crippen LogP contribution in [0.4, 0.5) is 9.18 Å². The molecule has 4 aromatic carbocycles. The predicted molar refractivity (Wildman–Crippen MR) is 269 cm³/mol. The maximum absolute atomic E-state index is 15.4. The number of methoxy groups -OCH3 is 1. The third kappa shape index (κ3) is 10.1. The number of nitrogens with zero attached hydrogens (tertiary/aromatic N) is 2. The maximum atomic E-state index is 15.4. The zero-order chi connectivity index (χ0) is 48.7. The van der Waals surface area contributed by atoms with Crippen LogP contribution in [0, 0.1) is 11.8 Å². The van der Waals surface area contributed by atoms with Crippen molar-refractivity contribution >= 4 is 58.5 Å². The molecular weight excluding hydrogens is 892 g/mol. The number of alkyl carbamates (subject to hydrolysis) is 1. The fraction of sp³-hybridized carbons (Fsp3) is 0.436. The number of fused-ring (bicyclic) bond motifs is 2. The van der Waals surface area contributed by atoms with E-state index in [1.54, 1.807) is 40.0 Å². The summed E-state index contributed by atoms with van der Waals surface area (Å²) in [6.07, 6.45) is 1.15. The van der Waals surface area contributed by atoms with E-state index in [2.05, 4.69) is 96.6 Å². The summed E-state index contributed by atoms with van der Waals surface area (Å²) in [7, 11) is -1.37. The molecule has 2 N–H and O–H groups in total. The van der Waals surface area contributed by atoms with Gasteiger partial charge in [0.1, 0.15) is 28.9 Å². The number of nitrogens with one attached hydrogen (secondary N) is 2. The van der Waals surface area contributed by atoms with E-state index >= 15 is 4.39 Å². The number of piperidine rings is 1. The first kappa shape index (κ1) is 47.9. The highest BCUT2D eigenvalue weighted by molar-refractivity contribution is 6.99. The Balaban J connectivity index is 1.14. The van der Waals surface area contributed by atoms with Crippen LogP contribution in [-0.4, -0.2) is 93.5 Å². The summed E-state index contributed by atoms with van der Waals surface area (Å²) in [5.74, 6) is 2.00. The van der Waals surface area contributed by atoms with E-state index in [-0.39, 0.29) is 41.9 Å². The van der Waals surface area contributed by atoms with Crippen molar-refractivity contribution in [2.24, 2.45) is 11.8 Å². The summed E-state index contributed by atoms with van der Waals surface area (Å²) in [6, 6.07) is 32.2. The molecule has 0 radical (unpaired) electrons. The molecule has 9 rings (SSSR count). The highest BCUT2D eigenvalue weighted by Gasteiger charge is 2.50. The molecule has 12 nitrogen and oxygen atoms in total. The van der Waals surface area contributed by atoms with Gasteiger partial charge in [0.05, 0.1) is 42.9 Å². The molecule has 6 aromatic rings. The van der Waals surface area contributed by atoms with Crippen LogP contribution in [0.2, 0.25) is 5.04 Å². The normalized spacial score (nSPS) is 18.9.